The van der Waals surface area contributed by atoms with Gasteiger partial charge in [0.2, 0.25) is 5.91 Å². The van der Waals surface area contributed by atoms with Crippen molar-refractivity contribution in [3.05, 3.63) is 59.3 Å². The van der Waals surface area contributed by atoms with Gasteiger partial charge in [0.05, 0.1) is 22.8 Å². The number of aromatic nitrogens is 2. The highest BCUT2D eigenvalue weighted by molar-refractivity contribution is 6.04. The Balaban J connectivity index is 1.74. The van der Waals surface area contributed by atoms with Crippen molar-refractivity contribution in [1.82, 2.24) is 15.0 Å². The van der Waals surface area contributed by atoms with Crippen LogP contribution in [-0.4, -0.2) is 26.6 Å². The minimum Gasteiger partial charge on any atom is -0.466 e. The summed E-state index contributed by atoms with van der Waals surface area (Å²) in [7, 11) is 0. The number of fused-ring (bicyclic) bond motifs is 1. The molecule has 6 nitrogen and oxygen atoms in total. The topological polar surface area (TPSA) is 71.6 Å². The number of benzene rings is 1. The number of carbonyl (C=O) groups excluding carboxylic acids is 1. The molecule has 0 spiro atoms. The maximum atomic E-state index is 12.5. The molecule has 1 aromatic carbocycles. The van der Waals surface area contributed by atoms with E-state index in [0.29, 0.717) is 12.8 Å². The Hall–Kier alpha value is -3.02. The summed E-state index contributed by atoms with van der Waals surface area (Å²) in [6.07, 6.45) is 4.41. The van der Waals surface area contributed by atoms with E-state index in [9.17, 15) is 4.79 Å². The van der Waals surface area contributed by atoms with E-state index < -0.39 is 0 Å². The van der Waals surface area contributed by atoms with Gasteiger partial charge in [-0.15, -0.1) is 0 Å². The van der Waals surface area contributed by atoms with E-state index in [1.54, 1.807) is 17.4 Å². The number of aryl methyl sites for hydroxylation is 2. The minimum absolute atomic E-state index is 0.00196. The molecule has 1 atom stereocenters. The number of hydrogen-bond donors (Lipinski definition) is 0. The number of furan rings is 1. The minimum atomic E-state index is -0.140. The molecule has 0 bridgehead atoms. The van der Waals surface area contributed by atoms with Crippen LogP contribution in [0.4, 0.5) is 0 Å². The van der Waals surface area contributed by atoms with E-state index in [0.717, 1.165) is 39.4 Å². The highest BCUT2D eigenvalue weighted by atomic mass is 16.3. The molecule has 3 aromatic rings. The number of nitrogens with zero attached hydrogens (tertiary/aromatic N) is 4. The lowest BCUT2D eigenvalue weighted by Crippen LogP contribution is -2.26. The summed E-state index contributed by atoms with van der Waals surface area (Å²) in [6.45, 7) is 5.70. The van der Waals surface area contributed by atoms with Crippen LogP contribution < -0.4 is 0 Å². The van der Waals surface area contributed by atoms with Crippen molar-refractivity contribution < 1.29 is 9.21 Å². The third kappa shape index (κ3) is 2.77. The van der Waals surface area contributed by atoms with Crippen molar-refractivity contribution in [3.63, 3.8) is 0 Å². The van der Waals surface area contributed by atoms with Crippen LogP contribution >= 0.6 is 0 Å². The van der Waals surface area contributed by atoms with E-state index >= 15 is 0 Å². The Morgan fingerprint density at radius 2 is 1.96 bits per heavy atom. The van der Waals surface area contributed by atoms with Crippen molar-refractivity contribution in [3.8, 4) is 0 Å². The fraction of sp³-hybridized carbons (Fsp3) is 0.300. The Morgan fingerprint density at radius 3 is 2.65 bits per heavy atom. The van der Waals surface area contributed by atoms with Crippen LogP contribution in [0.2, 0.25) is 0 Å². The molecule has 2 aromatic heterocycles. The molecule has 0 saturated heterocycles. The van der Waals surface area contributed by atoms with Crippen molar-refractivity contribution >= 4 is 22.7 Å². The predicted molar refractivity (Wildman–Crippen MR) is 98.8 cm³/mol. The van der Waals surface area contributed by atoms with Gasteiger partial charge in [-0.2, -0.15) is 5.10 Å². The lowest BCUT2D eigenvalue weighted by atomic mass is 9.98. The van der Waals surface area contributed by atoms with Crippen LogP contribution in [0.1, 0.15) is 48.5 Å². The highest BCUT2D eigenvalue weighted by Crippen LogP contribution is 2.35. The maximum Gasteiger partial charge on any atom is 0.242 e. The molecule has 1 amide bonds. The molecule has 0 unspecified atom stereocenters. The molecular weight excluding hydrogens is 328 g/mol. The Kier molecular flexibility index (Phi) is 4.03. The molecule has 6 heteroatoms. The van der Waals surface area contributed by atoms with Gasteiger partial charge in [-0.05, 0) is 37.6 Å². The van der Waals surface area contributed by atoms with E-state index in [-0.39, 0.29) is 11.9 Å². The van der Waals surface area contributed by atoms with Crippen molar-refractivity contribution in [2.75, 3.05) is 0 Å². The lowest BCUT2D eigenvalue weighted by Gasteiger charge is -2.21. The summed E-state index contributed by atoms with van der Waals surface area (Å²) in [5.74, 6) is 1.68. The molecule has 0 aliphatic carbocycles. The summed E-state index contributed by atoms with van der Waals surface area (Å²) >= 11 is 0. The molecule has 0 fully saturated rings. The van der Waals surface area contributed by atoms with Gasteiger partial charge < -0.3 is 4.42 Å². The molecule has 1 aliphatic rings. The van der Waals surface area contributed by atoms with E-state index in [2.05, 4.69) is 15.1 Å². The van der Waals surface area contributed by atoms with E-state index in [1.165, 1.54) is 0 Å². The lowest BCUT2D eigenvalue weighted by molar-refractivity contribution is -0.132. The first kappa shape index (κ1) is 16.4. The quantitative estimate of drug-likeness (QED) is 0.719. The third-order valence-electron chi connectivity index (χ3n) is 4.70. The molecule has 132 valence electrons. The monoisotopic (exact) mass is 348 g/mol. The van der Waals surface area contributed by atoms with Crippen LogP contribution in [0.15, 0.2) is 46.2 Å². The largest absolute Gasteiger partial charge is 0.466 e. The zero-order valence-corrected chi connectivity index (χ0v) is 15.1. The fourth-order valence-electron chi connectivity index (χ4n) is 3.43. The third-order valence-corrected chi connectivity index (χ3v) is 4.70. The molecule has 3 heterocycles. The normalized spacial score (nSPS) is 17.0. The number of rotatable bonds is 3. The second kappa shape index (κ2) is 6.37. The van der Waals surface area contributed by atoms with Crippen LogP contribution in [0, 0.1) is 13.8 Å². The second-order valence-electron chi connectivity index (χ2n) is 6.49. The summed E-state index contributed by atoms with van der Waals surface area (Å²) in [6, 6.07) is 7.78. The maximum absolute atomic E-state index is 12.5. The van der Waals surface area contributed by atoms with Gasteiger partial charge in [-0.25, -0.2) is 5.01 Å². The van der Waals surface area contributed by atoms with Gasteiger partial charge in [0, 0.05) is 30.8 Å². The standard InChI is InChI=1S/C20H20N4O2/c1-4-20(25)24-19(11-17(23-24)15-9-12(2)26-13(15)3)14-5-6-16-18(10-14)22-8-7-21-16/h5-10,19H,4,11H2,1-3H3/t19-/m1/s1. The van der Waals surface area contributed by atoms with Crippen LogP contribution in [-0.2, 0) is 4.79 Å². The van der Waals surface area contributed by atoms with Crippen LogP contribution in [0.3, 0.4) is 0 Å². The van der Waals surface area contributed by atoms with Gasteiger partial charge >= 0.3 is 0 Å². The van der Waals surface area contributed by atoms with E-state index in [1.807, 2.05) is 45.0 Å². The summed E-state index contributed by atoms with van der Waals surface area (Å²) in [5.41, 5.74) is 4.52. The first-order valence-corrected chi connectivity index (χ1v) is 8.74. The number of hydrazone groups is 1. The summed E-state index contributed by atoms with van der Waals surface area (Å²) in [4.78, 5) is 21.2. The van der Waals surface area contributed by atoms with E-state index in [4.69, 9.17) is 4.42 Å². The molecular formula is C20H20N4O2. The van der Waals surface area contributed by atoms with Crippen LogP contribution in [0.5, 0.6) is 0 Å². The molecule has 26 heavy (non-hydrogen) atoms. The fourth-order valence-corrected chi connectivity index (χ4v) is 3.43. The Bertz CT molecular complexity index is 1020. The van der Waals surface area contributed by atoms with Gasteiger partial charge in [0.15, 0.2) is 0 Å². The van der Waals surface area contributed by atoms with Gasteiger partial charge in [0.25, 0.3) is 0 Å². The van der Waals surface area contributed by atoms with Crippen molar-refractivity contribution in [2.24, 2.45) is 5.10 Å². The van der Waals surface area contributed by atoms with Gasteiger partial charge in [-0.1, -0.05) is 13.0 Å². The molecule has 0 N–H and O–H groups in total. The average molecular weight is 348 g/mol. The number of hydrogen-bond acceptors (Lipinski definition) is 5. The number of amides is 1. The highest BCUT2D eigenvalue weighted by Gasteiger charge is 2.33. The Morgan fingerprint density at radius 1 is 1.19 bits per heavy atom. The van der Waals surface area contributed by atoms with Crippen molar-refractivity contribution in [1.29, 1.82) is 0 Å². The zero-order valence-electron chi connectivity index (χ0n) is 15.1. The van der Waals surface area contributed by atoms with Crippen molar-refractivity contribution in [2.45, 2.75) is 39.7 Å². The van der Waals surface area contributed by atoms with Gasteiger partial charge in [0.1, 0.15) is 11.5 Å². The SMILES string of the molecule is CCC(=O)N1N=C(c2cc(C)oc2C)C[C@@H]1c1ccc2nccnc2c1. The molecule has 0 radical (unpaired) electrons. The summed E-state index contributed by atoms with van der Waals surface area (Å²) < 4.78 is 5.65. The predicted octanol–water partition coefficient (Wildman–Crippen LogP) is 3.93. The van der Waals surface area contributed by atoms with Gasteiger partial charge in [-0.3, -0.25) is 14.8 Å². The van der Waals surface area contributed by atoms with Crippen LogP contribution in [0.25, 0.3) is 11.0 Å². The first-order chi connectivity index (χ1) is 12.6. The second-order valence-corrected chi connectivity index (χ2v) is 6.49. The first-order valence-electron chi connectivity index (χ1n) is 8.74. The summed E-state index contributed by atoms with van der Waals surface area (Å²) in [5, 5.41) is 6.25. The number of carbonyl (C=O) groups is 1. The smallest absolute Gasteiger partial charge is 0.242 e. The Labute approximate surface area is 151 Å². The molecule has 4 rings (SSSR count). The average Bonchev–Trinajstić information content (AvgIpc) is 3.23. The zero-order chi connectivity index (χ0) is 18.3. The molecule has 0 saturated carbocycles. The molecule has 1 aliphatic heterocycles.